The van der Waals surface area contributed by atoms with Crippen molar-refractivity contribution in [2.75, 3.05) is 17.5 Å². The highest BCUT2D eigenvalue weighted by Gasteiger charge is 2.31. The largest absolute Gasteiger partial charge is 0.452 e. The van der Waals surface area contributed by atoms with E-state index in [-0.39, 0.29) is 16.5 Å². The average molecular weight is 491 g/mol. The Hall–Kier alpha value is -3.65. The molecule has 3 aromatic rings. The predicted molar refractivity (Wildman–Crippen MR) is 132 cm³/mol. The summed E-state index contributed by atoms with van der Waals surface area (Å²) in [7, 11) is -3.84. The molecule has 0 saturated heterocycles. The number of carbonyl (C=O) groups is 2. The van der Waals surface area contributed by atoms with Crippen LogP contribution in [-0.2, 0) is 32.4 Å². The number of sulfonamides is 1. The zero-order chi connectivity index (χ0) is 24.4. The van der Waals surface area contributed by atoms with Crippen molar-refractivity contribution in [1.82, 2.24) is 5.32 Å². The normalized spacial score (nSPS) is 16.8. The molecular formula is C27H26N2O5S. The number of hydrogen-bond acceptors (Lipinski definition) is 5. The molecule has 3 aromatic carbocycles. The van der Waals surface area contributed by atoms with E-state index in [1.807, 2.05) is 30.3 Å². The van der Waals surface area contributed by atoms with Gasteiger partial charge in [-0.15, -0.1) is 0 Å². The number of esters is 1. The zero-order valence-electron chi connectivity index (χ0n) is 19.1. The summed E-state index contributed by atoms with van der Waals surface area (Å²) in [5, 5.41) is 2.95. The number of fused-ring (bicyclic) bond motifs is 2. The number of ether oxygens (including phenoxy) is 1. The average Bonchev–Trinajstić information content (AvgIpc) is 3.33. The number of carbonyl (C=O) groups excluding carboxylic acids is 2. The molecule has 1 heterocycles. The number of hydrogen-bond donors (Lipinski definition) is 1. The Labute approximate surface area is 204 Å². The third-order valence-corrected chi connectivity index (χ3v) is 8.35. The van der Waals surface area contributed by atoms with Gasteiger partial charge in [0.1, 0.15) is 0 Å². The number of para-hydroxylation sites is 1. The first-order valence-corrected chi connectivity index (χ1v) is 13.1. The van der Waals surface area contributed by atoms with Crippen LogP contribution in [0.3, 0.4) is 0 Å². The fourth-order valence-corrected chi connectivity index (χ4v) is 6.37. The number of anilines is 1. The number of rotatable bonds is 6. The van der Waals surface area contributed by atoms with Crippen LogP contribution in [0.1, 0.15) is 45.9 Å². The molecule has 1 aliphatic carbocycles. The summed E-state index contributed by atoms with van der Waals surface area (Å²) in [6.45, 7) is -0.0885. The van der Waals surface area contributed by atoms with E-state index in [0.717, 1.165) is 30.4 Å². The van der Waals surface area contributed by atoms with Crippen LogP contribution in [0, 0.1) is 0 Å². The van der Waals surface area contributed by atoms with Crippen LogP contribution in [0.4, 0.5) is 5.69 Å². The first-order valence-electron chi connectivity index (χ1n) is 11.7. The van der Waals surface area contributed by atoms with Crippen molar-refractivity contribution in [2.45, 2.75) is 36.6 Å². The number of amides is 1. The monoisotopic (exact) mass is 490 g/mol. The van der Waals surface area contributed by atoms with Gasteiger partial charge in [-0.2, -0.15) is 0 Å². The molecule has 7 nitrogen and oxygen atoms in total. The maximum absolute atomic E-state index is 13.3. The first-order chi connectivity index (χ1) is 16.9. The lowest BCUT2D eigenvalue weighted by Crippen LogP contribution is -2.34. The van der Waals surface area contributed by atoms with E-state index in [1.165, 1.54) is 34.1 Å². The third-order valence-electron chi connectivity index (χ3n) is 6.54. The van der Waals surface area contributed by atoms with Crippen LogP contribution < -0.4 is 9.62 Å². The van der Waals surface area contributed by atoms with Crippen LogP contribution >= 0.6 is 0 Å². The predicted octanol–water partition coefficient (Wildman–Crippen LogP) is 3.79. The summed E-state index contributed by atoms with van der Waals surface area (Å²) in [5.74, 6) is -1.14. The van der Waals surface area contributed by atoms with Crippen LogP contribution in [0.5, 0.6) is 0 Å². The molecule has 1 atom stereocenters. The van der Waals surface area contributed by atoms with Crippen LogP contribution in [0.15, 0.2) is 77.7 Å². The molecule has 180 valence electrons. The summed E-state index contributed by atoms with van der Waals surface area (Å²) < 4.78 is 33.1. The molecule has 0 spiro atoms. The van der Waals surface area contributed by atoms with Gasteiger partial charge in [0, 0.05) is 6.54 Å². The summed E-state index contributed by atoms with van der Waals surface area (Å²) in [6.07, 6.45) is 3.43. The maximum Gasteiger partial charge on any atom is 0.338 e. The fourth-order valence-electron chi connectivity index (χ4n) is 4.82. The molecule has 1 aliphatic heterocycles. The van der Waals surface area contributed by atoms with Gasteiger partial charge in [-0.25, -0.2) is 13.2 Å². The second-order valence-corrected chi connectivity index (χ2v) is 10.6. The van der Waals surface area contributed by atoms with Gasteiger partial charge >= 0.3 is 5.97 Å². The molecule has 35 heavy (non-hydrogen) atoms. The van der Waals surface area contributed by atoms with Crippen molar-refractivity contribution in [2.24, 2.45) is 0 Å². The molecule has 1 unspecified atom stereocenters. The lowest BCUT2D eigenvalue weighted by Gasteiger charge is -2.26. The highest BCUT2D eigenvalue weighted by Crippen LogP contribution is 2.33. The van der Waals surface area contributed by atoms with Crippen molar-refractivity contribution >= 4 is 27.6 Å². The molecule has 0 aromatic heterocycles. The van der Waals surface area contributed by atoms with Gasteiger partial charge in [0.05, 0.1) is 22.2 Å². The van der Waals surface area contributed by atoms with Gasteiger partial charge in [0.25, 0.3) is 15.9 Å². The van der Waals surface area contributed by atoms with E-state index >= 15 is 0 Å². The minimum absolute atomic E-state index is 0.00640. The standard InChI is InChI=1S/C27H26N2O5S/c30-26(28-24-13-6-9-19-7-1-3-12-23(19)24)18-34-27(31)21-10-5-11-22(17-21)35(32,33)29-16-15-20-8-2-4-14-25(20)29/h1-5,7-8,10-12,14,17,24H,6,9,13,15-16,18H2,(H,28,30). The number of benzene rings is 3. The van der Waals surface area contributed by atoms with Crippen LogP contribution in [0.2, 0.25) is 0 Å². The molecular weight excluding hydrogens is 464 g/mol. The molecule has 1 amide bonds. The van der Waals surface area contributed by atoms with E-state index < -0.39 is 28.5 Å². The molecule has 0 saturated carbocycles. The molecule has 0 bridgehead atoms. The van der Waals surface area contributed by atoms with Crippen molar-refractivity contribution < 1.29 is 22.7 Å². The SMILES string of the molecule is O=C(COC(=O)c1cccc(S(=O)(=O)N2CCc3ccccc32)c1)NC1CCCc2ccccc21. The van der Waals surface area contributed by atoms with Crippen molar-refractivity contribution in [1.29, 1.82) is 0 Å². The Morgan fingerprint density at radius 2 is 1.71 bits per heavy atom. The fraction of sp³-hybridized carbons (Fsp3) is 0.259. The van der Waals surface area contributed by atoms with Crippen molar-refractivity contribution in [3.05, 3.63) is 95.1 Å². The molecule has 2 aliphatic rings. The summed E-state index contributed by atoms with van der Waals surface area (Å²) in [5.41, 5.74) is 4.02. The molecule has 0 fully saturated rings. The van der Waals surface area contributed by atoms with E-state index in [1.54, 1.807) is 12.1 Å². The number of nitrogens with zero attached hydrogens (tertiary/aromatic N) is 1. The summed E-state index contributed by atoms with van der Waals surface area (Å²) in [4.78, 5) is 25.1. The van der Waals surface area contributed by atoms with Gasteiger partial charge in [-0.1, -0.05) is 48.5 Å². The van der Waals surface area contributed by atoms with Gasteiger partial charge in [0.15, 0.2) is 6.61 Å². The van der Waals surface area contributed by atoms with Gasteiger partial charge in [-0.3, -0.25) is 9.10 Å². The third kappa shape index (κ3) is 4.66. The van der Waals surface area contributed by atoms with E-state index in [0.29, 0.717) is 18.7 Å². The smallest absolute Gasteiger partial charge is 0.338 e. The van der Waals surface area contributed by atoms with Gasteiger partial charge < -0.3 is 10.1 Å². The highest BCUT2D eigenvalue weighted by molar-refractivity contribution is 7.92. The topological polar surface area (TPSA) is 92.8 Å². The highest BCUT2D eigenvalue weighted by atomic mass is 32.2. The Morgan fingerprint density at radius 1 is 0.943 bits per heavy atom. The zero-order valence-corrected chi connectivity index (χ0v) is 20.0. The van der Waals surface area contributed by atoms with E-state index in [9.17, 15) is 18.0 Å². The minimum atomic E-state index is -3.84. The summed E-state index contributed by atoms with van der Waals surface area (Å²) >= 11 is 0. The Morgan fingerprint density at radius 3 is 2.57 bits per heavy atom. The molecule has 8 heteroatoms. The number of nitrogens with one attached hydrogen (secondary N) is 1. The molecule has 0 radical (unpaired) electrons. The van der Waals surface area contributed by atoms with Gasteiger partial charge in [-0.05, 0) is 66.6 Å². The maximum atomic E-state index is 13.3. The minimum Gasteiger partial charge on any atom is -0.452 e. The Balaban J connectivity index is 1.24. The molecule has 1 N–H and O–H groups in total. The van der Waals surface area contributed by atoms with Gasteiger partial charge in [0.2, 0.25) is 0 Å². The number of aryl methyl sites for hydroxylation is 1. The van der Waals surface area contributed by atoms with Crippen molar-refractivity contribution in [3.8, 4) is 0 Å². The van der Waals surface area contributed by atoms with E-state index in [2.05, 4.69) is 11.4 Å². The Kier molecular flexibility index (Phi) is 6.30. The molecule has 5 rings (SSSR count). The summed E-state index contributed by atoms with van der Waals surface area (Å²) in [6, 6.07) is 21.0. The van der Waals surface area contributed by atoms with Crippen molar-refractivity contribution in [3.63, 3.8) is 0 Å². The second kappa shape index (κ2) is 9.54. The quantitative estimate of drug-likeness (QED) is 0.531. The Bertz CT molecular complexity index is 1390. The van der Waals surface area contributed by atoms with E-state index in [4.69, 9.17) is 4.74 Å². The lowest BCUT2D eigenvalue weighted by molar-refractivity contribution is -0.125. The van der Waals surface area contributed by atoms with Crippen LogP contribution in [-0.4, -0.2) is 33.4 Å². The second-order valence-electron chi connectivity index (χ2n) is 8.77. The lowest BCUT2D eigenvalue weighted by atomic mass is 9.88. The van der Waals surface area contributed by atoms with Crippen LogP contribution in [0.25, 0.3) is 0 Å². The first kappa shape index (κ1) is 23.1.